The van der Waals surface area contributed by atoms with Crippen molar-refractivity contribution in [2.75, 3.05) is 17.2 Å². The van der Waals surface area contributed by atoms with Gasteiger partial charge in [-0.1, -0.05) is 26.0 Å². The van der Waals surface area contributed by atoms with Crippen LogP contribution >= 0.6 is 0 Å². The second-order valence-electron chi connectivity index (χ2n) is 7.60. The molecule has 1 atom stereocenters. The fraction of sp³-hybridized carbons (Fsp3) is 0.409. The summed E-state index contributed by atoms with van der Waals surface area (Å²) in [7, 11) is 0. The highest BCUT2D eigenvalue weighted by Gasteiger charge is 2.19. The van der Waals surface area contributed by atoms with Gasteiger partial charge in [0.25, 0.3) is 5.91 Å². The van der Waals surface area contributed by atoms with Crippen molar-refractivity contribution >= 4 is 17.3 Å². The number of anilines is 2. The fourth-order valence-electron chi connectivity index (χ4n) is 3.27. The minimum absolute atomic E-state index is 0.244. The van der Waals surface area contributed by atoms with Gasteiger partial charge in [-0.3, -0.25) is 4.79 Å². The summed E-state index contributed by atoms with van der Waals surface area (Å²) in [4.78, 5) is 12.8. The molecule has 1 heterocycles. The summed E-state index contributed by atoms with van der Waals surface area (Å²) in [6.45, 7) is 9.76. The molecule has 0 bridgehead atoms. The molecule has 2 aromatic rings. The Kier molecular flexibility index (Phi) is 5.80. The van der Waals surface area contributed by atoms with Crippen LogP contribution in [-0.4, -0.2) is 18.5 Å². The first-order valence-corrected chi connectivity index (χ1v) is 9.57. The predicted octanol–water partition coefficient (Wildman–Crippen LogP) is 4.49. The number of carbonyl (C=O) groups is 1. The number of benzene rings is 2. The summed E-state index contributed by atoms with van der Waals surface area (Å²) in [5, 5.41) is 9.45. The van der Waals surface area contributed by atoms with Crippen LogP contribution < -0.4 is 16.0 Å². The maximum Gasteiger partial charge on any atom is 0.256 e. The number of halogens is 1. The van der Waals surface area contributed by atoms with Crippen LogP contribution in [-0.2, 0) is 13.0 Å². The molecule has 27 heavy (non-hydrogen) atoms. The van der Waals surface area contributed by atoms with E-state index in [1.54, 1.807) is 12.1 Å². The summed E-state index contributed by atoms with van der Waals surface area (Å²) in [6.07, 6.45) is 0.635. The first-order chi connectivity index (χ1) is 12.9. The maximum absolute atomic E-state index is 14.8. The standard InChI is InChI=1S/C22H28FN3O/c1-13(2)15(4)25-19-7-5-6-17(14(19)3)22(27)26-20-9-8-16-12-24-11-10-18(16)21(20)23/h5-9,13,15,24-25H,10-12H2,1-4H3,(H,26,27). The van der Waals surface area contributed by atoms with E-state index in [1.165, 1.54) is 0 Å². The molecule has 4 nitrogen and oxygen atoms in total. The fourth-order valence-corrected chi connectivity index (χ4v) is 3.27. The van der Waals surface area contributed by atoms with Crippen molar-refractivity contribution in [1.29, 1.82) is 0 Å². The van der Waals surface area contributed by atoms with E-state index >= 15 is 0 Å². The van der Waals surface area contributed by atoms with Gasteiger partial charge in [-0.25, -0.2) is 4.39 Å². The molecule has 144 valence electrons. The summed E-state index contributed by atoms with van der Waals surface area (Å²) >= 11 is 0. The second kappa shape index (κ2) is 8.09. The maximum atomic E-state index is 14.8. The lowest BCUT2D eigenvalue weighted by atomic mass is 9.99. The Morgan fingerprint density at radius 2 is 1.93 bits per heavy atom. The number of amides is 1. The number of carbonyl (C=O) groups excluding carboxylic acids is 1. The Morgan fingerprint density at radius 3 is 2.67 bits per heavy atom. The molecule has 5 heteroatoms. The van der Waals surface area contributed by atoms with E-state index in [2.05, 4.69) is 36.7 Å². The molecule has 2 aromatic carbocycles. The van der Waals surface area contributed by atoms with Crippen LogP contribution in [0.25, 0.3) is 0 Å². The van der Waals surface area contributed by atoms with E-state index in [0.717, 1.165) is 23.4 Å². The minimum Gasteiger partial charge on any atom is -0.382 e. The van der Waals surface area contributed by atoms with E-state index in [0.29, 0.717) is 30.0 Å². The molecule has 0 saturated carbocycles. The molecular formula is C22H28FN3O. The molecule has 0 saturated heterocycles. The lowest BCUT2D eigenvalue weighted by Gasteiger charge is -2.22. The minimum atomic E-state index is -0.317. The first kappa shape index (κ1) is 19.4. The zero-order valence-electron chi connectivity index (χ0n) is 16.4. The highest BCUT2D eigenvalue weighted by molar-refractivity contribution is 6.06. The van der Waals surface area contributed by atoms with Crippen molar-refractivity contribution in [3.63, 3.8) is 0 Å². The SMILES string of the molecule is Cc1c(NC(C)C(C)C)cccc1C(=O)Nc1ccc2c(c1F)CCNC2. The molecule has 3 rings (SSSR count). The zero-order chi connectivity index (χ0) is 19.6. The quantitative estimate of drug-likeness (QED) is 0.728. The lowest BCUT2D eigenvalue weighted by Crippen LogP contribution is -2.25. The molecule has 0 aromatic heterocycles. The van der Waals surface area contributed by atoms with Gasteiger partial charge in [0.15, 0.2) is 0 Å². The van der Waals surface area contributed by atoms with Gasteiger partial charge >= 0.3 is 0 Å². The molecule has 1 unspecified atom stereocenters. The van der Waals surface area contributed by atoms with Gasteiger partial charge in [-0.15, -0.1) is 0 Å². The Balaban J connectivity index is 1.83. The third-order valence-corrected chi connectivity index (χ3v) is 5.42. The van der Waals surface area contributed by atoms with Crippen LogP contribution in [0.2, 0.25) is 0 Å². The third-order valence-electron chi connectivity index (χ3n) is 5.42. The summed E-state index contributed by atoms with van der Waals surface area (Å²) in [5.74, 6) is -0.134. The summed E-state index contributed by atoms with van der Waals surface area (Å²) in [5.41, 5.74) is 4.25. The number of hydrogen-bond acceptors (Lipinski definition) is 3. The Hall–Kier alpha value is -2.40. The number of fused-ring (bicyclic) bond motifs is 1. The van der Waals surface area contributed by atoms with Gasteiger partial charge in [-0.05, 0) is 67.6 Å². The molecular weight excluding hydrogens is 341 g/mol. The molecule has 1 aliphatic heterocycles. The monoisotopic (exact) mass is 369 g/mol. The molecule has 0 radical (unpaired) electrons. The van der Waals surface area contributed by atoms with Gasteiger partial charge in [0.1, 0.15) is 5.82 Å². The smallest absolute Gasteiger partial charge is 0.256 e. The van der Waals surface area contributed by atoms with E-state index in [9.17, 15) is 9.18 Å². The normalized spacial score (nSPS) is 14.6. The first-order valence-electron chi connectivity index (χ1n) is 9.57. The van der Waals surface area contributed by atoms with Gasteiger partial charge in [0, 0.05) is 23.8 Å². The zero-order valence-corrected chi connectivity index (χ0v) is 16.4. The van der Waals surface area contributed by atoms with Crippen LogP contribution in [0.3, 0.4) is 0 Å². The molecule has 0 aliphatic carbocycles. The van der Waals surface area contributed by atoms with Crippen molar-refractivity contribution in [1.82, 2.24) is 5.32 Å². The Bertz CT molecular complexity index is 848. The van der Waals surface area contributed by atoms with Crippen molar-refractivity contribution in [2.45, 2.75) is 46.7 Å². The van der Waals surface area contributed by atoms with Crippen molar-refractivity contribution in [3.05, 3.63) is 58.4 Å². The van der Waals surface area contributed by atoms with Crippen molar-refractivity contribution in [3.8, 4) is 0 Å². The van der Waals surface area contributed by atoms with Gasteiger partial charge in [0.2, 0.25) is 0 Å². The average molecular weight is 369 g/mol. The molecule has 0 fully saturated rings. The van der Waals surface area contributed by atoms with Gasteiger partial charge < -0.3 is 16.0 Å². The van der Waals surface area contributed by atoms with E-state index in [-0.39, 0.29) is 23.5 Å². The number of hydrogen-bond donors (Lipinski definition) is 3. The topological polar surface area (TPSA) is 53.2 Å². The number of rotatable bonds is 5. The van der Waals surface area contributed by atoms with E-state index in [4.69, 9.17) is 0 Å². The van der Waals surface area contributed by atoms with Crippen molar-refractivity contribution in [2.24, 2.45) is 5.92 Å². The van der Waals surface area contributed by atoms with Crippen LogP contribution in [0.5, 0.6) is 0 Å². The number of nitrogens with one attached hydrogen (secondary N) is 3. The van der Waals surface area contributed by atoms with Gasteiger partial charge in [0.05, 0.1) is 5.69 Å². The summed E-state index contributed by atoms with van der Waals surface area (Å²) < 4.78 is 14.8. The van der Waals surface area contributed by atoms with Gasteiger partial charge in [-0.2, -0.15) is 0 Å². The van der Waals surface area contributed by atoms with Crippen LogP contribution in [0, 0.1) is 18.7 Å². The van der Waals surface area contributed by atoms with Crippen LogP contribution in [0.15, 0.2) is 30.3 Å². The molecule has 1 amide bonds. The molecule has 3 N–H and O–H groups in total. The predicted molar refractivity (Wildman–Crippen MR) is 109 cm³/mol. The summed E-state index contributed by atoms with van der Waals surface area (Å²) in [6, 6.07) is 9.42. The molecule has 0 spiro atoms. The largest absolute Gasteiger partial charge is 0.382 e. The van der Waals surface area contributed by atoms with E-state index in [1.807, 2.05) is 25.1 Å². The third kappa shape index (κ3) is 4.14. The Labute approximate surface area is 160 Å². The highest BCUT2D eigenvalue weighted by atomic mass is 19.1. The van der Waals surface area contributed by atoms with E-state index < -0.39 is 0 Å². The highest BCUT2D eigenvalue weighted by Crippen LogP contribution is 2.26. The Morgan fingerprint density at radius 1 is 1.15 bits per heavy atom. The molecule has 1 aliphatic rings. The lowest BCUT2D eigenvalue weighted by molar-refractivity contribution is 0.102. The second-order valence-corrected chi connectivity index (χ2v) is 7.60. The average Bonchev–Trinajstić information content (AvgIpc) is 2.65. The van der Waals surface area contributed by atoms with Crippen LogP contribution in [0.4, 0.5) is 15.8 Å². The van der Waals surface area contributed by atoms with Crippen molar-refractivity contribution < 1.29 is 9.18 Å². The van der Waals surface area contributed by atoms with Crippen LogP contribution in [0.1, 0.15) is 47.8 Å².